The van der Waals surface area contributed by atoms with Crippen LogP contribution in [-0.4, -0.2) is 28.5 Å². The molecule has 0 unspecified atom stereocenters. The number of amides is 1. The average Bonchev–Trinajstić information content (AvgIpc) is 2.91. The molecule has 1 fully saturated rings. The second-order valence-electron chi connectivity index (χ2n) is 6.25. The summed E-state index contributed by atoms with van der Waals surface area (Å²) in [5.41, 5.74) is 3.58. The van der Waals surface area contributed by atoms with E-state index in [4.69, 9.17) is 0 Å². The molecule has 2 heterocycles. The molecule has 0 atom stereocenters. The number of aryl methyl sites for hydroxylation is 1. The molecule has 1 aliphatic heterocycles. The van der Waals surface area contributed by atoms with Crippen LogP contribution in [0.3, 0.4) is 0 Å². The standard InChI is InChI=1S/C19H24N2O/c1-4-14(2)19(22)21-11-9-15(10-12-21)17-13-20(3)18-8-6-5-7-16(17)18/h4-8,13,15H,9-12H2,1-3H3/b14-4+. The first-order valence-electron chi connectivity index (χ1n) is 8.08. The van der Waals surface area contributed by atoms with E-state index < -0.39 is 0 Å². The Bertz CT molecular complexity index is 718. The molecule has 3 heteroatoms. The van der Waals surface area contributed by atoms with Gasteiger partial charge < -0.3 is 9.47 Å². The van der Waals surface area contributed by atoms with Crippen molar-refractivity contribution in [2.24, 2.45) is 7.05 Å². The number of fused-ring (bicyclic) bond motifs is 1. The van der Waals surface area contributed by atoms with Crippen LogP contribution in [0.15, 0.2) is 42.1 Å². The topological polar surface area (TPSA) is 25.2 Å². The molecule has 1 aromatic carbocycles. The van der Waals surface area contributed by atoms with E-state index in [1.165, 1.54) is 16.5 Å². The summed E-state index contributed by atoms with van der Waals surface area (Å²) in [6.07, 6.45) is 6.27. The van der Waals surface area contributed by atoms with Gasteiger partial charge >= 0.3 is 0 Å². The Kier molecular flexibility index (Phi) is 4.06. The molecular weight excluding hydrogens is 272 g/mol. The van der Waals surface area contributed by atoms with E-state index in [1.807, 2.05) is 24.8 Å². The van der Waals surface area contributed by atoms with Gasteiger partial charge in [-0.15, -0.1) is 0 Å². The maximum Gasteiger partial charge on any atom is 0.249 e. The summed E-state index contributed by atoms with van der Waals surface area (Å²) in [5, 5.41) is 1.36. The van der Waals surface area contributed by atoms with Gasteiger partial charge in [-0.1, -0.05) is 24.3 Å². The zero-order valence-corrected chi connectivity index (χ0v) is 13.7. The predicted molar refractivity (Wildman–Crippen MR) is 90.9 cm³/mol. The highest BCUT2D eigenvalue weighted by molar-refractivity contribution is 5.92. The van der Waals surface area contributed by atoms with Crippen molar-refractivity contribution >= 4 is 16.8 Å². The van der Waals surface area contributed by atoms with Crippen LogP contribution in [0, 0.1) is 0 Å². The smallest absolute Gasteiger partial charge is 0.249 e. The van der Waals surface area contributed by atoms with Gasteiger partial charge in [-0.2, -0.15) is 0 Å². The highest BCUT2D eigenvalue weighted by Crippen LogP contribution is 2.34. The lowest BCUT2D eigenvalue weighted by Gasteiger charge is -2.32. The van der Waals surface area contributed by atoms with E-state index in [1.54, 1.807) is 0 Å². The van der Waals surface area contributed by atoms with E-state index >= 15 is 0 Å². The maximum absolute atomic E-state index is 12.2. The molecule has 1 amide bonds. The summed E-state index contributed by atoms with van der Waals surface area (Å²) in [6.45, 7) is 5.55. The van der Waals surface area contributed by atoms with Gasteiger partial charge in [0.25, 0.3) is 0 Å². The molecule has 0 aliphatic carbocycles. The quantitative estimate of drug-likeness (QED) is 0.773. The Balaban J connectivity index is 1.77. The second-order valence-corrected chi connectivity index (χ2v) is 6.25. The highest BCUT2D eigenvalue weighted by Gasteiger charge is 2.26. The van der Waals surface area contributed by atoms with Crippen LogP contribution in [0.4, 0.5) is 0 Å². The van der Waals surface area contributed by atoms with Gasteiger partial charge in [-0.3, -0.25) is 4.79 Å². The molecule has 3 nitrogen and oxygen atoms in total. The van der Waals surface area contributed by atoms with Gasteiger partial charge in [0.1, 0.15) is 0 Å². The lowest BCUT2D eigenvalue weighted by atomic mass is 9.89. The SMILES string of the molecule is C/C=C(\C)C(=O)N1CCC(c2cn(C)c3ccccc23)CC1. The van der Waals surface area contributed by atoms with Crippen LogP contribution in [-0.2, 0) is 11.8 Å². The van der Waals surface area contributed by atoms with Crippen molar-refractivity contribution in [3.05, 3.63) is 47.7 Å². The second kappa shape index (κ2) is 5.99. The highest BCUT2D eigenvalue weighted by atomic mass is 16.2. The minimum Gasteiger partial charge on any atom is -0.350 e. The molecule has 1 saturated heterocycles. The number of carbonyl (C=O) groups excluding carboxylic acids is 1. The van der Waals surface area contributed by atoms with Crippen LogP contribution in [0.2, 0.25) is 0 Å². The number of hydrogen-bond acceptors (Lipinski definition) is 1. The van der Waals surface area contributed by atoms with Crippen LogP contribution in [0.5, 0.6) is 0 Å². The zero-order chi connectivity index (χ0) is 15.7. The first-order chi connectivity index (χ1) is 10.6. The molecule has 0 bridgehead atoms. The zero-order valence-electron chi connectivity index (χ0n) is 13.7. The van der Waals surface area contributed by atoms with Crippen molar-refractivity contribution < 1.29 is 4.79 Å². The Morgan fingerprint density at radius 3 is 2.59 bits per heavy atom. The lowest BCUT2D eigenvalue weighted by Crippen LogP contribution is -2.38. The summed E-state index contributed by atoms with van der Waals surface area (Å²) >= 11 is 0. The molecule has 0 N–H and O–H groups in total. The molecular formula is C19H24N2O. The molecule has 1 aliphatic rings. The van der Waals surface area contributed by atoms with Crippen LogP contribution in [0.25, 0.3) is 10.9 Å². The van der Waals surface area contributed by atoms with Crippen molar-refractivity contribution in [1.29, 1.82) is 0 Å². The molecule has 0 radical (unpaired) electrons. The van der Waals surface area contributed by atoms with Crippen molar-refractivity contribution in [2.75, 3.05) is 13.1 Å². The molecule has 2 aromatic rings. The van der Waals surface area contributed by atoms with E-state index in [0.717, 1.165) is 31.5 Å². The predicted octanol–water partition coefficient (Wildman–Crippen LogP) is 3.85. The molecule has 0 saturated carbocycles. The van der Waals surface area contributed by atoms with E-state index in [-0.39, 0.29) is 5.91 Å². The third-order valence-corrected chi connectivity index (χ3v) is 4.92. The summed E-state index contributed by atoms with van der Waals surface area (Å²) in [5.74, 6) is 0.750. The number of para-hydroxylation sites is 1. The van der Waals surface area contributed by atoms with Gasteiger partial charge in [0, 0.05) is 42.8 Å². The fraction of sp³-hybridized carbons (Fsp3) is 0.421. The van der Waals surface area contributed by atoms with Gasteiger partial charge in [0.15, 0.2) is 0 Å². The minimum atomic E-state index is 0.193. The van der Waals surface area contributed by atoms with Crippen LogP contribution >= 0.6 is 0 Å². The van der Waals surface area contributed by atoms with E-state index in [9.17, 15) is 4.79 Å². The number of likely N-dealkylation sites (tertiary alicyclic amines) is 1. The van der Waals surface area contributed by atoms with Crippen molar-refractivity contribution in [2.45, 2.75) is 32.6 Å². The number of piperidine rings is 1. The van der Waals surface area contributed by atoms with E-state index in [2.05, 4.69) is 42.1 Å². The maximum atomic E-state index is 12.2. The largest absolute Gasteiger partial charge is 0.350 e. The molecule has 0 spiro atoms. The first-order valence-corrected chi connectivity index (χ1v) is 8.08. The average molecular weight is 296 g/mol. The molecule has 116 valence electrons. The summed E-state index contributed by atoms with van der Waals surface area (Å²) in [6, 6.07) is 8.59. The van der Waals surface area contributed by atoms with Crippen LogP contribution < -0.4 is 0 Å². The van der Waals surface area contributed by atoms with Gasteiger partial charge in [0.2, 0.25) is 5.91 Å². The van der Waals surface area contributed by atoms with Crippen molar-refractivity contribution in [3.63, 3.8) is 0 Å². The Hall–Kier alpha value is -2.03. The number of nitrogens with zero attached hydrogens (tertiary/aromatic N) is 2. The summed E-state index contributed by atoms with van der Waals surface area (Å²) < 4.78 is 2.21. The lowest BCUT2D eigenvalue weighted by molar-refractivity contribution is -0.128. The third kappa shape index (κ3) is 2.56. The van der Waals surface area contributed by atoms with E-state index in [0.29, 0.717) is 5.92 Å². The molecule has 22 heavy (non-hydrogen) atoms. The summed E-state index contributed by atoms with van der Waals surface area (Å²) in [7, 11) is 2.11. The third-order valence-electron chi connectivity index (χ3n) is 4.92. The minimum absolute atomic E-state index is 0.193. The Labute approximate surface area is 132 Å². The van der Waals surface area contributed by atoms with Gasteiger partial charge in [-0.25, -0.2) is 0 Å². The van der Waals surface area contributed by atoms with Crippen molar-refractivity contribution in [3.8, 4) is 0 Å². The number of hydrogen-bond donors (Lipinski definition) is 0. The number of aromatic nitrogens is 1. The molecule has 3 rings (SSSR count). The number of rotatable bonds is 2. The Morgan fingerprint density at radius 1 is 1.23 bits per heavy atom. The monoisotopic (exact) mass is 296 g/mol. The number of allylic oxidation sites excluding steroid dienone is 1. The number of benzene rings is 1. The summed E-state index contributed by atoms with van der Waals surface area (Å²) in [4.78, 5) is 14.2. The van der Waals surface area contributed by atoms with Gasteiger partial charge in [0.05, 0.1) is 0 Å². The molecule has 1 aromatic heterocycles. The normalized spacial score (nSPS) is 17.2. The van der Waals surface area contributed by atoms with Gasteiger partial charge in [-0.05, 0) is 44.2 Å². The fourth-order valence-corrected chi connectivity index (χ4v) is 3.46. The fourth-order valence-electron chi connectivity index (χ4n) is 3.46. The first kappa shape index (κ1) is 14.9. The Morgan fingerprint density at radius 2 is 1.91 bits per heavy atom. The number of carbonyl (C=O) groups is 1. The van der Waals surface area contributed by atoms with Crippen molar-refractivity contribution in [1.82, 2.24) is 9.47 Å². The van der Waals surface area contributed by atoms with Crippen LogP contribution in [0.1, 0.15) is 38.2 Å².